The van der Waals surface area contributed by atoms with Crippen LogP contribution in [0.2, 0.25) is 5.02 Å². The Labute approximate surface area is 201 Å². The Morgan fingerprint density at radius 2 is 1.88 bits per heavy atom. The van der Waals surface area contributed by atoms with E-state index in [1.54, 1.807) is 18.3 Å². The van der Waals surface area contributed by atoms with Crippen molar-refractivity contribution in [3.63, 3.8) is 0 Å². The Hall–Kier alpha value is -3.77. The molecule has 5 rings (SSSR count). The molecule has 0 fully saturated rings. The number of carbonyl (C=O) groups excluding carboxylic acids is 1. The molecule has 4 aromatic rings. The number of carbonyl (C=O) groups is 1. The van der Waals surface area contributed by atoms with Gasteiger partial charge in [0.1, 0.15) is 6.04 Å². The molecule has 1 N–H and O–H groups in total. The highest BCUT2D eigenvalue weighted by atomic mass is 35.5. The minimum atomic E-state index is -0.367. The Morgan fingerprint density at radius 3 is 2.62 bits per heavy atom. The maximum absolute atomic E-state index is 13.5. The van der Waals surface area contributed by atoms with Crippen LogP contribution in [0.15, 0.2) is 82.8 Å². The molecule has 0 saturated heterocycles. The number of H-pyrrole nitrogens is 1. The Balaban J connectivity index is 1.74. The zero-order valence-electron chi connectivity index (χ0n) is 18.7. The van der Waals surface area contributed by atoms with Gasteiger partial charge in [-0.25, -0.2) is 5.01 Å². The summed E-state index contributed by atoms with van der Waals surface area (Å²) < 4.78 is 0. The lowest BCUT2D eigenvalue weighted by Gasteiger charge is -2.20. The van der Waals surface area contributed by atoms with E-state index in [0.29, 0.717) is 41.1 Å². The minimum Gasteiger partial charge on any atom is -0.321 e. The largest absolute Gasteiger partial charge is 0.321 e. The van der Waals surface area contributed by atoms with Gasteiger partial charge in [-0.1, -0.05) is 54.9 Å². The van der Waals surface area contributed by atoms with Gasteiger partial charge in [0.15, 0.2) is 0 Å². The minimum absolute atomic E-state index is 0.0883. The molecule has 2 aromatic carbocycles. The third-order valence-electron chi connectivity index (χ3n) is 5.99. The van der Waals surface area contributed by atoms with Gasteiger partial charge in [0.2, 0.25) is 5.91 Å². The molecule has 1 aliphatic rings. The molecular formula is C27H23ClN4O2. The summed E-state index contributed by atoms with van der Waals surface area (Å²) in [5.74, 6) is -0.0883. The summed E-state index contributed by atoms with van der Waals surface area (Å²) in [6, 6.07) is 20.4. The summed E-state index contributed by atoms with van der Waals surface area (Å²) in [6.45, 7) is 1.96. The van der Waals surface area contributed by atoms with Crippen molar-refractivity contribution in [1.82, 2.24) is 15.0 Å². The highest BCUT2D eigenvalue weighted by Gasteiger charge is 2.35. The molecule has 1 aliphatic heterocycles. The number of nitrogens with one attached hydrogen (secondary N) is 1. The van der Waals surface area contributed by atoms with Crippen molar-refractivity contribution < 1.29 is 4.79 Å². The summed E-state index contributed by atoms with van der Waals surface area (Å²) in [5, 5.41) is 7.61. The summed E-state index contributed by atoms with van der Waals surface area (Å²) in [4.78, 5) is 33.9. The van der Waals surface area contributed by atoms with Crippen LogP contribution in [0.5, 0.6) is 0 Å². The van der Waals surface area contributed by atoms with E-state index < -0.39 is 0 Å². The molecule has 6 nitrogen and oxygen atoms in total. The molecule has 2 aromatic heterocycles. The van der Waals surface area contributed by atoms with Crippen molar-refractivity contribution in [1.29, 1.82) is 0 Å². The number of pyridine rings is 2. The van der Waals surface area contributed by atoms with Gasteiger partial charge in [-0.15, -0.1) is 0 Å². The number of hydrazone groups is 1. The summed E-state index contributed by atoms with van der Waals surface area (Å²) in [6.07, 6.45) is 3.17. The van der Waals surface area contributed by atoms with Crippen LogP contribution in [0.25, 0.3) is 22.0 Å². The molecular weight excluding hydrogens is 448 g/mol. The van der Waals surface area contributed by atoms with Gasteiger partial charge in [0.05, 0.1) is 17.0 Å². The molecule has 7 heteroatoms. The first-order valence-corrected chi connectivity index (χ1v) is 11.7. The Morgan fingerprint density at radius 1 is 1.09 bits per heavy atom. The van der Waals surface area contributed by atoms with Crippen molar-refractivity contribution >= 4 is 34.1 Å². The fourth-order valence-electron chi connectivity index (χ4n) is 4.47. The normalized spacial score (nSPS) is 15.5. The van der Waals surface area contributed by atoms with Crippen molar-refractivity contribution in [2.45, 2.75) is 32.2 Å². The highest BCUT2D eigenvalue weighted by Crippen LogP contribution is 2.37. The third kappa shape index (κ3) is 4.01. The fourth-order valence-corrected chi connectivity index (χ4v) is 4.64. The van der Waals surface area contributed by atoms with Gasteiger partial charge in [-0.2, -0.15) is 5.10 Å². The number of nitrogens with zero attached hydrogens (tertiary/aromatic N) is 3. The number of hydrogen-bond donors (Lipinski definition) is 1. The van der Waals surface area contributed by atoms with Crippen LogP contribution in [0.1, 0.15) is 43.5 Å². The first-order valence-electron chi connectivity index (χ1n) is 11.3. The molecule has 34 heavy (non-hydrogen) atoms. The number of hydrogen-bond acceptors (Lipinski definition) is 4. The average molecular weight is 471 g/mol. The van der Waals surface area contributed by atoms with Gasteiger partial charge in [-0.05, 0) is 42.3 Å². The zero-order valence-corrected chi connectivity index (χ0v) is 19.4. The van der Waals surface area contributed by atoms with Crippen LogP contribution in [-0.2, 0) is 4.79 Å². The second-order valence-corrected chi connectivity index (χ2v) is 8.71. The number of benzene rings is 2. The van der Waals surface area contributed by atoms with E-state index in [9.17, 15) is 9.59 Å². The fraction of sp³-hybridized carbons (Fsp3) is 0.185. The topological polar surface area (TPSA) is 78.4 Å². The highest BCUT2D eigenvalue weighted by molar-refractivity contribution is 6.31. The predicted octanol–water partition coefficient (Wildman–Crippen LogP) is 5.72. The van der Waals surface area contributed by atoms with Gasteiger partial charge in [0.25, 0.3) is 5.56 Å². The maximum atomic E-state index is 13.5. The monoisotopic (exact) mass is 470 g/mol. The van der Waals surface area contributed by atoms with Gasteiger partial charge >= 0.3 is 0 Å². The number of aromatic nitrogens is 2. The predicted molar refractivity (Wildman–Crippen MR) is 135 cm³/mol. The SMILES string of the molecule is CCCC(=O)N1N=C(c2c(-c3ccccc3)c3cc(Cl)ccc3[nH]c2=O)CC1c1ccccn1. The van der Waals surface area contributed by atoms with Crippen molar-refractivity contribution in [2.24, 2.45) is 5.10 Å². The Bertz CT molecular complexity index is 1450. The maximum Gasteiger partial charge on any atom is 0.258 e. The van der Waals surface area contributed by atoms with Gasteiger partial charge in [-0.3, -0.25) is 14.6 Å². The Kier molecular flexibility index (Phi) is 5.99. The van der Waals surface area contributed by atoms with Gasteiger partial charge in [0, 0.05) is 40.5 Å². The molecule has 0 aliphatic carbocycles. The van der Waals surface area contributed by atoms with Crippen LogP contribution >= 0.6 is 11.6 Å². The van der Waals surface area contributed by atoms with Crippen LogP contribution in [0.4, 0.5) is 0 Å². The molecule has 1 unspecified atom stereocenters. The molecule has 1 atom stereocenters. The quantitative estimate of drug-likeness (QED) is 0.405. The van der Waals surface area contributed by atoms with Crippen LogP contribution in [-0.4, -0.2) is 26.6 Å². The van der Waals surface area contributed by atoms with Crippen LogP contribution in [0, 0.1) is 0 Å². The molecule has 3 heterocycles. The average Bonchev–Trinajstić information content (AvgIpc) is 3.30. The molecule has 0 saturated carbocycles. The lowest BCUT2D eigenvalue weighted by molar-refractivity contribution is -0.133. The van der Waals surface area contributed by atoms with Crippen LogP contribution < -0.4 is 5.56 Å². The van der Waals surface area contributed by atoms with E-state index in [4.69, 9.17) is 16.7 Å². The number of rotatable bonds is 5. The van der Waals surface area contributed by atoms with Crippen LogP contribution in [0.3, 0.4) is 0 Å². The van der Waals surface area contributed by atoms with Crippen molar-refractivity contribution in [3.05, 3.63) is 99.6 Å². The van der Waals surface area contributed by atoms with E-state index in [1.165, 1.54) is 5.01 Å². The second-order valence-electron chi connectivity index (χ2n) is 8.27. The summed E-state index contributed by atoms with van der Waals surface area (Å²) in [7, 11) is 0. The van der Waals surface area contributed by atoms with Gasteiger partial charge < -0.3 is 4.98 Å². The summed E-state index contributed by atoms with van der Waals surface area (Å²) in [5.41, 5.74) is 3.83. The number of halogens is 1. The second kappa shape index (κ2) is 9.23. The molecule has 1 amide bonds. The standard InChI is InChI=1S/C27H23ClN4O2/c1-2-8-24(33)32-23(21-11-6-7-14-29-21)16-22(31-32)26-25(17-9-4-3-5-10-17)19-15-18(28)12-13-20(19)30-27(26)34/h3-7,9-15,23H,2,8,16H2,1H3,(H,30,34). The first kappa shape index (κ1) is 22.0. The lowest BCUT2D eigenvalue weighted by atomic mass is 9.91. The van der Waals surface area contributed by atoms with E-state index in [2.05, 4.69) is 9.97 Å². The lowest BCUT2D eigenvalue weighted by Crippen LogP contribution is -2.27. The van der Waals surface area contributed by atoms with Crippen molar-refractivity contribution in [2.75, 3.05) is 0 Å². The zero-order chi connectivity index (χ0) is 23.7. The smallest absolute Gasteiger partial charge is 0.258 e. The first-order chi connectivity index (χ1) is 16.6. The number of fused-ring (bicyclic) bond motifs is 1. The number of aromatic amines is 1. The van der Waals surface area contributed by atoms with E-state index >= 15 is 0 Å². The van der Waals surface area contributed by atoms with E-state index in [1.807, 2.05) is 61.5 Å². The summed E-state index contributed by atoms with van der Waals surface area (Å²) >= 11 is 6.35. The number of amides is 1. The molecule has 0 bridgehead atoms. The van der Waals surface area contributed by atoms with E-state index in [0.717, 1.165) is 22.2 Å². The molecule has 0 radical (unpaired) electrons. The van der Waals surface area contributed by atoms with E-state index in [-0.39, 0.29) is 17.5 Å². The molecule has 0 spiro atoms. The third-order valence-corrected chi connectivity index (χ3v) is 6.22. The van der Waals surface area contributed by atoms with Crippen molar-refractivity contribution in [3.8, 4) is 11.1 Å². The molecule has 170 valence electrons.